The van der Waals surface area contributed by atoms with Gasteiger partial charge in [0.05, 0.1) is 12.0 Å². The first kappa shape index (κ1) is 15.0. The zero-order valence-electron chi connectivity index (χ0n) is 11.2. The molecule has 0 aromatic heterocycles. The molecular formula is C13H23NO4. The Kier molecular flexibility index (Phi) is 4.73. The van der Waals surface area contributed by atoms with Crippen LogP contribution in [0.4, 0.5) is 0 Å². The van der Waals surface area contributed by atoms with Gasteiger partial charge >= 0.3 is 5.97 Å². The van der Waals surface area contributed by atoms with E-state index in [9.17, 15) is 14.7 Å². The fraction of sp³-hybridized carbons (Fsp3) is 0.846. The van der Waals surface area contributed by atoms with Gasteiger partial charge in [0.25, 0.3) is 0 Å². The van der Waals surface area contributed by atoms with Crippen molar-refractivity contribution in [2.45, 2.75) is 46.0 Å². The highest BCUT2D eigenvalue weighted by molar-refractivity contribution is 5.85. The Morgan fingerprint density at radius 3 is 2.17 bits per heavy atom. The lowest BCUT2D eigenvalue weighted by atomic mass is 9.63. The number of aliphatic hydroxyl groups excluding tert-OH is 1. The number of carbonyl (C=O) groups is 2. The zero-order chi connectivity index (χ0) is 13.8. The normalized spacial score (nSPS) is 21.3. The van der Waals surface area contributed by atoms with E-state index < -0.39 is 11.4 Å². The largest absolute Gasteiger partial charge is 0.481 e. The molecule has 1 saturated carbocycles. The van der Waals surface area contributed by atoms with Crippen molar-refractivity contribution in [1.29, 1.82) is 0 Å². The molecule has 1 aliphatic rings. The summed E-state index contributed by atoms with van der Waals surface area (Å²) in [5, 5.41) is 20.6. The van der Waals surface area contributed by atoms with Gasteiger partial charge in [-0.1, -0.05) is 13.8 Å². The van der Waals surface area contributed by atoms with Crippen molar-refractivity contribution in [2.75, 3.05) is 13.2 Å². The fourth-order valence-corrected chi connectivity index (χ4v) is 2.44. The van der Waals surface area contributed by atoms with Crippen molar-refractivity contribution in [2.24, 2.45) is 10.8 Å². The lowest BCUT2D eigenvalue weighted by molar-refractivity contribution is -0.155. The Morgan fingerprint density at radius 1 is 1.17 bits per heavy atom. The maximum absolute atomic E-state index is 11.7. The summed E-state index contributed by atoms with van der Waals surface area (Å²) >= 11 is 0. The van der Waals surface area contributed by atoms with Crippen molar-refractivity contribution >= 4 is 11.9 Å². The number of aliphatic hydroxyl groups is 1. The molecule has 0 heterocycles. The van der Waals surface area contributed by atoms with E-state index in [0.29, 0.717) is 12.8 Å². The van der Waals surface area contributed by atoms with Gasteiger partial charge in [-0.05, 0) is 31.1 Å². The maximum Gasteiger partial charge on any atom is 0.310 e. The zero-order valence-corrected chi connectivity index (χ0v) is 11.2. The van der Waals surface area contributed by atoms with Crippen LogP contribution in [0.2, 0.25) is 0 Å². The van der Waals surface area contributed by atoms with E-state index >= 15 is 0 Å². The van der Waals surface area contributed by atoms with E-state index in [1.165, 1.54) is 0 Å². The molecule has 0 aliphatic heterocycles. The van der Waals surface area contributed by atoms with E-state index in [1.54, 1.807) is 0 Å². The highest BCUT2D eigenvalue weighted by Gasteiger charge is 2.45. The van der Waals surface area contributed by atoms with Crippen LogP contribution < -0.4 is 5.32 Å². The van der Waals surface area contributed by atoms with Crippen molar-refractivity contribution < 1.29 is 19.8 Å². The van der Waals surface area contributed by atoms with Crippen LogP contribution in [-0.2, 0) is 9.59 Å². The molecule has 18 heavy (non-hydrogen) atoms. The number of nitrogens with one attached hydrogen (secondary N) is 1. The molecular weight excluding hydrogens is 234 g/mol. The van der Waals surface area contributed by atoms with Gasteiger partial charge < -0.3 is 15.5 Å². The van der Waals surface area contributed by atoms with Gasteiger partial charge in [-0.2, -0.15) is 0 Å². The summed E-state index contributed by atoms with van der Waals surface area (Å²) in [6.07, 6.45) is 2.75. The second-order valence-electron chi connectivity index (χ2n) is 6.00. The quantitative estimate of drug-likeness (QED) is 0.689. The number of carboxylic acids is 1. The van der Waals surface area contributed by atoms with Crippen LogP contribution in [0, 0.1) is 10.8 Å². The molecule has 0 radical (unpaired) electrons. The Labute approximate surface area is 108 Å². The number of carboxylic acid groups (broad SMARTS) is 1. The third-order valence-corrected chi connectivity index (χ3v) is 3.95. The predicted octanol–water partition coefficient (Wildman–Crippen LogP) is 1.16. The summed E-state index contributed by atoms with van der Waals surface area (Å²) in [4.78, 5) is 23.1. The van der Waals surface area contributed by atoms with Gasteiger partial charge in [0, 0.05) is 13.0 Å². The lowest BCUT2D eigenvalue weighted by Gasteiger charge is -2.40. The summed E-state index contributed by atoms with van der Waals surface area (Å²) in [6.45, 7) is 4.31. The molecule has 1 amide bonds. The van der Waals surface area contributed by atoms with Gasteiger partial charge in [-0.25, -0.2) is 0 Å². The van der Waals surface area contributed by atoms with E-state index in [-0.39, 0.29) is 30.9 Å². The standard InChI is InChI=1S/C13H23NO4/c1-12(2)3-5-13(6-4-12,11(17)18)9-10(16)14-7-8-15/h15H,3-9H2,1-2H3,(H,14,16)(H,17,18). The van der Waals surface area contributed by atoms with Gasteiger partial charge in [0.15, 0.2) is 0 Å². The van der Waals surface area contributed by atoms with Crippen molar-refractivity contribution in [3.05, 3.63) is 0 Å². The minimum atomic E-state index is -0.922. The van der Waals surface area contributed by atoms with Gasteiger partial charge in [-0.3, -0.25) is 9.59 Å². The van der Waals surface area contributed by atoms with E-state index in [1.807, 2.05) is 0 Å². The molecule has 1 rings (SSSR count). The number of amides is 1. The molecule has 0 unspecified atom stereocenters. The molecule has 104 valence electrons. The smallest absolute Gasteiger partial charge is 0.310 e. The summed E-state index contributed by atoms with van der Waals surface area (Å²) in [6, 6.07) is 0. The topological polar surface area (TPSA) is 86.6 Å². The molecule has 0 saturated heterocycles. The number of carbonyl (C=O) groups excluding carboxylic acids is 1. The molecule has 5 nitrogen and oxygen atoms in total. The number of aliphatic carboxylic acids is 1. The monoisotopic (exact) mass is 257 g/mol. The molecule has 5 heteroatoms. The molecule has 0 aromatic carbocycles. The SMILES string of the molecule is CC1(C)CCC(CC(=O)NCCO)(C(=O)O)CC1. The number of hydrogen-bond acceptors (Lipinski definition) is 3. The predicted molar refractivity (Wildman–Crippen MR) is 67.0 cm³/mol. The number of hydrogen-bond donors (Lipinski definition) is 3. The third kappa shape index (κ3) is 3.70. The molecule has 0 spiro atoms. The molecule has 0 aromatic rings. The van der Waals surface area contributed by atoms with Gasteiger partial charge in [0.1, 0.15) is 0 Å². The Bertz CT molecular complexity index is 315. The first-order valence-corrected chi connectivity index (χ1v) is 6.42. The Balaban J connectivity index is 2.66. The van der Waals surface area contributed by atoms with E-state index in [0.717, 1.165) is 12.8 Å². The Morgan fingerprint density at radius 2 is 1.72 bits per heavy atom. The van der Waals surface area contributed by atoms with Crippen LogP contribution in [0.5, 0.6) is 0 Å². The van der Waals surface area contributed by atoms with Crippen LogP contribution in [-0.4, -0.2) is 35.2 Å². The molecule has 1 fully saturated rings. The van der Waals surface area contributed by atoms with Crippen LogP contribution in [0.15, 0.2) is 0 Å². The summed E-state index contributed by atoms with van der Waals surface area (Å²) < 4.78 is 0. The van der Waals surface area contributed by atoms with Gasteiger partial charge in [-0.15, -0.1) is 0 Å². The lowest BCUT2D eigenvalue weighted by Crippen LogP contribution is -2.42. The van der Waals surface area contributed by atoms with Crippen LogP contribution in [0.1, 0.15) is 46.0 Å². The molecule has 1 aliphatic carbocycles. The molecule has 3 N–H and O–H groups in total. The minimum Gasteiger partial charge on any atom is -0.481 e. The van der Waals surface area contributed by atoms with Crippen molar-refractivity contribution in [1.82, 2.24) is 5.32 Å². The second kappa shape index (κ2) is 5.69. The summed E-state index contributed by atoms with van der Waals surface area (Å²) in [7, 11) is 0. The average molecular weight is 257 g/mol. The van der Waals surface area contributed by atoms with Crippen molar-refractivity contribution in [3.8, 4) is 0 Å². The van der Waals surface area contributed by atoms with E-state index in [4.69, 9.17) is 5.11 Å². The molecule has 0 atom stereocenters. The number of rotatable bonds is 5. The highest BCUT2D eigenvalue weighted by atomic mass is 16.4. The maximum atomic E-state index is 11.7. The molecule has 0 bridgehead atoms. The Hall–Kier alpha value is -1.10. The highest BCUT2D eigenvalue weighted by Crippen LogP contribution is 2.47. The third-order valence-electron chi connectivity index (χ3n) is 3.95. The summed E-state index contributed by atoms with van der Waals surface area (Å²) in [5.74, 6) is -1.16. The average Bonchev–Trinajstić information content (AvgIpc) is 2.29. The van der Waals surface area contributed by atoms with Crippen LogP contribution in [0.25, 0.3) is 0 Å². The first-order chi connectivity index (χ1) is 8.31. The van der Waals surface area contributed by atoms with Crippen LogP contribution >= 0.6 is 0 Å². The van der Waals surface area contributed by atoms with Gasteiger partial charge in [0.2, 0.25) is 5.91 Å². The van der Waals surface area contributed by atoms with E-state index in [2.05, 4.69) is 19.2 Å². The first-order valence-electron chi connectivity index (χ1n) is 6.42. The fourth-order valence-electron chi connectivity index (χ4n) is 2.44. The second-order valence-corrected chi connectivity index (χ2v) is 6.00. The summed E-state index contributed by atoms with van der Waals surface area (Å²) in [5.41, 5.74) is -0.754. The van der Waals surface area contributed by atoms with Crippen LogP contribution in [0.3, 0.4) is 0 Å². The minimum absolute atomic E-state index is 0.0123. The van der Waals surface area contributed by atoms with Crippen molar-refractivity contribution in [3.63, 3.8) is 0 Å².